The van der Waals surface area contributed by atoms with E-state index in [9.17, 15) is 90.1 Å². The van der Waals surface area contributed by atoms with Crippen LogP contribution in [0.2, 0.25) is 0 Å². The van der Waals surface area contributed by atoms with Gasteiger partial charge >= 0.3 is 58.7 Å². The van der Waals surface area contributed by atoms with E-state index in [4.69, 9.17) is 15.6 Å². The molecule has 4 saturated heterocycles. The minimum atomic E-state index is -5.33. The first kappa shape index (κ1) is 86.1. The molecule has 6 aromatic carbocycles. The van der Waals surface area contributed by atoms with Crippen molar-refractivity contribution < 1.29 is 84.2 Å². The third kappa shape index (κ3) is 19.4. The smallest absolute Gasteiger partial charge is 0.481 e. The number of hydrogen-bond acceptors (Lipinski definition) is 13. The molecule has 3 N–H and O–H groups in total. The van der Waals surface area contributed by atoms with Crippen molar-refractivity contribution in [3.05, 3.63) is 179 Å². The van der Waals surface area contributed by atoms with Crippen LogP contribution in [0.1, 0.15) is 118 Å². The number of carboxylic acids is 1. The second-order valence-electron chi connectivity index (χ2n) is 27.9. The predicted molar refractivity (Wildman–Crippen MR) is 411 cm³/mol. The molecule has 13 rings (SSSR count). The summed E-state index contributed by atoms with van der Waals surface area (Å²) < 4.78 is 199. The average Bonchev–Trinajstić information content (AvgIpc) is 1.63. The number of carbonyl (C=O) groups excluding carboxylic acids is 1. The summed E-state index contributed by atoms with van der Waals surface area (Å²) in [5, 5.41) is 39.2. The Morgan fingerprint density at radius 2 is 0.820 bits per heavy atom. The first-order valence-corrected chi connectivity index (χ1v) is 42.0. The van der Waals surface area contributed by atoms with Crippen molar-refractivity contribution in [2.24, 2.45) is 11.7 Å². The maximum Gasteiger partial charge on any atom is 0.511 e. The second-order valence-corrected chi connectivity index (χ2v) is 33.7. The van der Waals surface area contributed by atoms with Gasteiger partial charge in [0, 0.05) is 145 Å². The highest BCUT2D eigenvalue weighted by molar-refractivity contribution is 7.92. The number of halogens is 9. The first-order chi connectivity index (χ1) is 52.2. The third-order valence-electron chi connectivity index (χ3n) is 19.6. The van der Waals surface area contributed by atoms with E-state index in [1.54, 1.807) is 57.2 Å². The summed E-state index contributed by atoms with van der Waals surface area (Å²) in [6, 6.07) is 45.7. The number of nitrogens with two attached hydrogens (primary N) is 1. The standard InChI is InChI=1S/C23H22F3N3O2S.C22H21F3N4O2S.C22H20F3N3O2S.C9H15NO4.H4P2/c1-2-16-6-7-20-21(18-5-3-4-17(12-18)14-27)15-29(22(20)13-16)19-8-10-28(11-9-19)32(30,31)23(24,25)26;23-22(24,25)32(30,31)28-8-6-18(7-9-28)29-14-20(17-3-1-2-15(10-17)12-26)19-5-4-16(13-27)11-21(19)29;1-15-5-6-19-20(17-4-2-3-16(12-17)13-26)14-28(21(19)11-15)18-7-9-27(10-8-18)31(29,30)22(23,24)25;1-9(2,3)14-8(13)10-4-6(5-10)7(11)12;1-2/h3-7,12-13,15,19H,2,8-11H2,1H3;1-5,10-11,14,18H,6-9,13,27H2;2-6,11-12,14,18H,7-10H2,1H3;6H,4-5H2,1-3H3,(H,11,12);1-2H2. The number of piperidine rings is 3. The van der Waals surface area contributed by atoms with Crippen molar-refractivity contribution in [3.63, 3.8) is 0 Å². The number of nitriles is 3. The second kappa shape index (κ2) is 35.0. The van der Waals surface area contributed by atoms with Crippen LogP contribution in [0.25, 0.3) is 66.1 Å². The summed E-state index contributed by atoms with van der Waals surface area (Å²) in [6.07, 6.45) is 7.90. The fourth-order valence-corrected chi connectivity index (χ4v) is 16.8. The van der Waals surface area contributed by atoms with E-state index in [-0.39, 0.29) is 109 Å². The number of aliphatic carboxylic acids is 1. The number of aromatic nitrogens is 3. The Balaban J connectivity index is 0.000000174. The van der Waals surface area contributed by atoms with Gasteiger partial charge in [-0.1, -0.05) is 79.7 Å². The number of aryl methyl sites for hydroxylation is 2. The van der Waals surface area contributed by atoms with Crippen molar-refractivity contribution in [1.82, 2.24) is 31.5 Å². The number of amides is 1. The average molecular weight is 1640 g/mol. The van der Waals surface area contributed by atoms with Crippen LogP contribution in [0.4, 0.5) is 44.3 Å². The molecule has 0 bridgehead atoms. The van der Waals surface area contributed by atoms with Crippen LogP contribution < -0.4 is 5.73 Å². The Hall–Kier alpha value is -8.93. The number of carboxylic acid groups (broad SMARTS) is 1. The zero-order valence-corrected chi connectivity index (χ0v) is 65.7. The molecule has 592 valence electrons. The van der Waals surface area contributed by atoms with Crippen LogP contribution in [0, 0.1) is 46.8 Å². The van der Waals surface area contributed by atoms with Crippen LogP contribution >= 0.6 is 17.9 Å². The molecular formula is C76H82F9N11O10P2S3. The predicted octanol–water partition coefficient (Wildman–Crippen LogP) is 15.9. The normalized spacial score (nSPS) is 16.3. The quantitative estimate of drug-likeness (QED) is 0.0849. The molecule has 0 aliphatic carbocycles. The Kier molecular flexibility index (Phi) is 27.1. The lowest BCUT2D eigenvalue weighted by molar-refractivity contribution is -0.146. The number of sulfonamides is 3. The van der Waals surface area contributed by atoms with Gasteiger partial charge in [0.25, 0.3) is 0 Å². The SMILES string of the molecule is CC(C)(C)OC(=O)N1CC(C(=O)O)C1.CCc1ccc2c(-c3cccc(C#N)c3)cn(C3CCN(S(=O)(=O)C(F)(F)F)CC3)c2c1.Cc1ccc2c(-c3cccc(C#N)c3)cn(C3CCN(S(=O)(=O)C(F)(F)F)CC3)c2c1.N#Cc1cccc(-c2cn(C3CCN(S(=O)(=O)C(F)(F)F)CC3)c3cc(CN)ccc23)c1.PP. The van der Waals surface area contributed by atoms with Gasteiger partial charge < -0.3 is 34.2 Å². The topological polar surface area (TPSA) is 291 Å². The minimum absolute atomic E-state index is 0.128. The van der Waals surface area contributed by atoms with Gasteiger partial charge in [0.1, 0.15) is 5.60 Å². The molecule has 7 heterocycles. The van der Waals surface area contributed by atoms with Gasteiger partial charge in [0.15, 0.2) is 0 Å². The van der Waals surface area contributed by atoms with Crippen LogP contribution in [-0.4, -0.2) is 148 Å². The number of carbonyl (C=O) groups is 2. The number of likely N-dealkylation sites (tertiary alicyclic amines) is 1. The van der Waals surface area contributed by atoms with Gasteiger partial charge in [0.05, 0.1) is 40.8 Å². The van der Waals surface area contributed by atoms with Gasteiger partial charge in [-0.2, -0.15) is 68.2 Å². The summed E-state index contributed by atoms with van der Waals surface area (Å²) in [4.78, 5) is 23.2. The number of ether oxygens (including phenoxy) is 1. The molecule has 2 unspecified atom stereocenters. The minimum Gasteiger partial charge on any atom is -0.481 e. The van der Waals surface area contributed by atoms with E-state index >= 15 is 0 Å². The maximum absolute atomic E-state index is 12.9. The van der Waals surface area contributed by atoms with Gasteiger partial charge in [-0.05, 0) is 161 Å². The molecule has 3 aromatic heterocycles. The van der Waals surface area contributed by atoms with E-state index in [1.807, 2.05) is 127 Å². The Morgan fingerprint density at radius 1 is 0.505 bits per heavy atom. The molecule has 4 fully saturated rings. The first-order valence-electron chi connectivity index (χ1n) is 35.0. The summed E-state index contributed by atoms with van der Waals surface area (Å²) >= 11 is 0. The largest absolute Gasteiger partial charge is 0.511 e. The molecule has 111 heavy (non-hydrogen) atoms. The molecule has 9 aromatic rings. The highest BCUT2D eigenvalue weighted by Crippen LogP contribution is 2.43. The van der Waals surface area contributed by atoms with Gasteiger partial charge in [-0.3, -0.25) is 4.79 Å². The number of hydrogen-bond donors (Lipinski definition) is 2. The lowest BCUT2D eigenvalue weighted by Crippen LogP contribution is -2.54. The highest BCUT2D eigenvalue weighted by atomic mass is 32.2. The molecular weight excluding hydrogens is 1560 g/mol. The van der Waals surface area contributed by atoms with E-state index < -0.39 is 70.2 Å². The van der Waals surface area contributed by atoms with Crippen molar-refractivity contribution in [1.29, 1.82) is 15.8 Å². The maximum atomic E-state index is 12.9. The molecule has 4 aliphatic rings. The molecule has 0 spiro atoms. The van der Waals surface area contributed by atoms with E-state index in [2.05, 4.69) is 46.7 Å². The molecule has 35 heteroatoms. The number of benzene rings is 6. The monoisotopic (exact) mass is 1640 g/mol. The Morgan fingerprint density at radius 3 is 1.12 bits per heavy atom. The summed E-state index contributed by atoms with van der Waals surface area (Å²) in [7, 11) is -11.3. The molecule has 0 radical (unpaired) electrons. The lowest BCUT2D eigenvalue weighted by Gasteiger charge is -2.37. The van der Waals surface area contributed by atoms with Crippen molar-refractivity contribution in [3.8, 4) is 51.6 Å². The molecule has 0 saturated carbocycles. The van der Waals surface area contributed by atoms with Crippen LogP contribution in [-0.2, 0) is 52.6 Å². The number of nitrogens with zero attached hydrogens (tertiary/aromatic N) is 10. The van der Waals surface area contributed by atoms with Crippen LogP contribution in [0.5, 0.6) is 0 Å². The van der Waals surface area contributed by atoms with Gasteiger partial charge in [-0.25, -0.2) is 30.0 Å². The molecule has 21 nitrogen and oxygen atoms in total. The summed E-state index contributed by atoms with van der Waals surface area (Å²) in [5.41, 5.74) is 2.25. The molecule has 2 atom stereocenters. The number of fused-ring (bicyclic) bond motifs is 3. The molecule has 4 aliphatic heterocycles. The molecule has 1 amide bonds. The van der Waals surface area contributed by atoms with Gasteiger partial charge in [0.2, 0.25) is 0 Å². The van der Waals surface area contributed by atoms with Crippen LogP contribution in [0.3, 0.4) is 0 Å². The summed E-state index contributed by atoms with van der Waals surface area (Å²) in [5.74, 6) is -1.28. The zero-order chi connectivity index (χ0) is 81.5. The number of alkyl halides is 9. The Labute approximate surface area is 642 Å². The van der Waals surface area contributed by atoms with E-state index in [0.29, 0.717) is 36.2 Å². The van der Waals surface area contributed by atoms with E-state index in [0.717, 1.165) is 89.2 Å². The van der Waals surface area contributed by atoms with Crippen molar-refractivity contribution in [2.75, 3.05) is 52.4 Å². The zero-order valence-electron chi connectivity index (χ0n) is 60.9. The van der Waals surface area contributed by atoms with Crippen molar-refractivity contribution >= 4 is 92.7 Å². The third-order valence-corrected chi connectivity index (χ3v) is 24.5. The lowest BCUT2D eigenvalue weighted by atomic mass is 10.0. The number of rotatable bonds is 12. The van der Waals surface area contributed by atoms with E-state index in [1.165, 1.54) is 4.90 Å². The Bertz CT molecular complexity index is 5180. The fraction of sp³-hybridized carbons (Fsp3) is 0.382. The van der Waals surface area contributed by atoms with Crippen LogP contribution in [0.15, 0.2) is 146 Å². The fourth-order valence-electron chi connectivity index (χ4n) is 13.8. The van der Waals surface area contributed by atoms with Crippen molar-refractivity contribution in [2.45, 2.75) is 126 Å². The van der Waals surface area contributed by atoms with Gasteiger partial charge in [-0.15, -0.1) is 17.9 Å². The summed E-state index contributed by atoms with van der Waals surface area (Å²) in [6.45, 7) is 9.04. The highest BCUT2D eigenvalue weighted by Gasteiger charge is 2.53.